The molecule has 1 atom stereocenters. The van der Waals surface area contributed by atoms with Crippen LogP contribution in [0.1, 0.15) is 19.3 Å². The van der Waals surface area contributed by atoms with Crippen LogP contribution in [0.3, 0.4) is 0 Å². The van der Waals surface area contributed by atoms with Crippen molar-refractivity contribution < 1.29 is 14.7 Å². The van der Waals surface area contributed by atoms with Crippen LogP contribution in [0.4, 0.5) is 11.4 Å². The molecule has 2 heterocycles. The van der Waals surface area contributed by atoms with E-state index in [4.69, 9.17) is 5.11 Å². The van der Waals surface area contributed by atoms with Gasteiger partial charge in [0.15, 0.2) is 0 Å². The fraction of sp³-hybridized carbons (Fsp3) is 0.529. The minimum Gasteiger partial charge on any atom is -0.395 e. The third-order valence-corrected chi connectivity index (χ3v) is 4.54. The van der Waals surface area contributed by atoms with Crippen molar-refractivity contribution in [2.75, 3.05) is 42.6 Å². The Labute approximate surface area is 136 Å². The molecule has 0 aliphatic carbocycles. The Balaban J connectivity index is 1.64. The van der Waals surface area contributed by atoms with E-state index in [0.29, 0.717) is 6.54 Å². The number of nitrogens with one attached hydrogen (secondary N) is 1. The van der Waals surface area contributed by atoms with Crippen molar-refractivity contribution in [2.45, 2.75) is 19.3 Å². The molecule has 6 nitrogen and oxygen atoms in total. The van der Waals surface area contributed by atoms with Gasteiger partial charge < -0.3 is 20.2 Å². The first-order valence-corrected chi connectivity index (χ1v) is 8.23. The SMILES string of the molecule is O=C(NCCO)C1CC(=O)N(c2ccc(N3CCCC3)cc2)C1. The average Bonchev–Trinajstić information content (AvgIpc) is 3.22. The van der Waals surface area contributed by atoms with Gasteiger partial charge in [-0.05, 0) is 37.1 Å². The lowest BCUT2D eigenvalue weighted by atomic mass is 10.1. The lowest BCUT2D eigenvalue weighted by Gasteiger charge is -2.20. The van der Waals surface area contributed by atoms with E-state index in [1.807, 2.05) is 24.3 Å². The number of aliphatic hydroxyl groups excluding tert-OH is 1. The number of benzene rings is 1. The molecular weight excluding hydrogens is 294 g/mol. The first kappa shape index (κ1) is 15.8. The molecule has 23 heavy (non-hydrogen) atoms. The molecule has 2 saturated heterocycles. The highest BCUT2D eigenvalue weighted by atomic mass is 16.3. The summed E-state index contributed by atoms with van der Waals surface area (Å²) in [7, 11) is 0. The topological polar surface area (TPSA) is 72.9 Å². The molecular formula is C17H23N3O3. The Morgan fingerprint density at radius 3 is 2.48 bits per heavy atom. The molecule has 0 bridgehead atoms. The maximum atomic E-state index is 12.2. The molecule has 2 aliphatic rings. The molecule has 0 aromatic heterocycles. The number of rotatable bonds is 5. The third-order valence-electron chi connectivity index (χ3n) is 4.54. The molecule has 2 fully saturated rings. The Bertz CT molecular complexity index is 567. The van der Waals surface area contributed by atoms with Gasteiger partial charge in [0.05, 0.1) is 12.5 Å². The van der Waals surface area contributed by atoms with Crippen LogP contribution >= 0.6 is 0 Å². The molecule has 1 aromatic carbocycles. The summed E-state index contributed by atoms with van der Waals surface area (Å²) in [5, 5.41) is 11.4. The highest BCUT2D eigenvalue weighted by molar-refractivity contribution is 6.00. The van der Waals surface area contributed by atoms with E-state index < -0.39 is 0 Å². The number of hydrogen-bond donors (Lipinski definition) is 2. The van der Waals surface area contributed by atoms with E-state index in [1.165, 1.54) is 18.5 Å². The van der Waals surface area contributed by atoms with E-state index >= 15 is 0 Å². The van der Waals surface area contributed by atoms with Crippen molar-refractivity contribution in [3.63, 3.8) is 0 Å². The van der Waals surface area contributed by atoms with Gasteiger partial charge in [0.1, 0.15) is 0 Å². The van der Waals surface area contributed by atoms with Crippen LogP contribution in [0.25, 0.3) is 0 Å². The van der Waals surface area contributed by atoms with E-state index in [2.05, 4.69) is 10.2 Å². The molecule has 6 heteroatoms. The Morgan fingerprint density at radius 1 is 1.17 bits per heavy atom. The first-order chi connectivity index (χ1) is 11.2. The number of hydrogen-bond acceptors (Lipinski definition) is 4. The second kappa shape index (κ2) is 7.00. The van der Waals surface area contributed by atoms with Crippen LogP contribution in [-0.2, 0) is 9.59 Å². The number of anilines is 2. The van der Waals surface area contributed by atoms with Gasteiger partial charge in [-0.1, -0.05) is 0 Å². The normalized spacial score (nSPS) is 21.1. The lowest BCUT2D eigenvalue weighted by Crippen LogP contribution is -2.34. The van der Waals surface area contributed by atoms with Crippen LogP contribution in [0.15, 0.2) is 24.3 Å². The van der Waals surface area contributed by atoms with Crippen LogP contribution < -0.4 is 15.1 Å². The van der Waals surface area contributed by atoms with Gasteiger partial charge in [0, 0.05) is 44.0 Å². The summed E-state index contributed by atoms with van der Waals surface area (Å²) in [4.78, 5) is 28.2. The van der Waals surface area contributed by atoms with E-state index in [-0.39, 0.29) is 37.3 Å². The number of carbonyl (C=O) groups is 2. The molecule has 2 amide bonds. The molecule has 1 aromatic rings. The Morgan fingerprint density at radius 2 is 1.83 bits per heavy atom. The summed E-state index contributed by atoms with van der Waals surface area (Å²) >= 11 is 0. The van der Waals surface area contributed by atoms with Crippen LogP contribution in [0, 0.1) is 5.92 Å². The second-order valence-corrected chi connectivity index (χ2v) is 6.13. The third kappa shape index (κ3) is 3.47. The standard InChI is InChI=1S/C17H23N3O3/c21-10-7-18-17(23)13-11-16(22)20(12-13)15-5-3-14(4-6-15)19-8-1-2-9-19/h3-6,13,21H,1-2,7-12H2,(H,18,23). The van der Waals surface area contributed by atoms with Gasteiger partial charge >= 0.3 is 0 Å². The van der Waals surface area contributed by atoms with Crippen LogP contribution in [0.5, 0.6) is 0 Å². The Hall–Kier alpha value is -2.08. The van der Waals surface area contributed by atoms with Crippen molar-refractivity contribution in [2.24, 2.45) is 5.92 Å². The van der Waals surface area contributed by atoms with Gasteiger partial charge in [0.25, 0.3) is 0 Å². The van der Waals surface area contributed by atoms with Crippen molar-refractivity contribution in [3.8, 4) is 0 Å². The molecule has 0 spiro atoms. The van der Waals surface area contributed by atoms with Gasteiger partial charge in [0.2, 0.25) is 11.8 Å². The quantitative estimate of drug-likeness (QED) is 0.840. The second-order valence-electron chi connectivity index (χ2n) is 6.13. The summed E-state index contributed by atoms with van der Waals surface area (Å²) in [5.41, 5.74) is 2.03. The molecule has 2 aliphatic heterocycles. The monoisotopic (exact) mass is 317 g/mol. The summed E-state index contributed by atoms with van der Waals surface area (Å²) in [5.74, 6) is -0.529. The maximum Gasteiger partial charge on any atom is 0.227 e. The molecule has 0 radical (unpaired) electrons. The Kier molecular flexibility index (Phi) is 4.81. The number of nitrogens with zero attached hydrogens (tertiary/aromatic N) is 2. The summed E-state index contributed by atoms with van der Waals surface area (Å²) in [6.45, 7) is 2.73. The smallest absolute Gasteiger partial charge is 0.227 e. The molecule has 124 valence electrons. The minimum atomic E-state index is -0.340. The fourth-order valence-corrected chi connectivity index (χ4v) is 3.27. The minimum absolute atomic E-state index is 0.0249. The highest BCUT2D eigenvalue weighted by Gasteiger charge is 2.34. The summed E-state index contributed by atoms with van der Waals surface area (Å²) in [6.07, 6.45) is 2.69. The van der Waals surface area contributed by atoms with Gasteiger partial charge in [-0.2, -0.15) is 0 Å². The number of amides is 2. The van der Waals surface area contributed by atoms with Crippen LogP contribution in [-0.4, -0.2) is 49.7 Å². The predicted octanol–water partition coefficient (Wildman–Crippen LogP) is 0.748. The molecule has 3 rings (SSSR count). The lowest BCUT2D eigenvalue weighted by molar-refractivity contribution is -0.126. The molecule has 0 saturated carbocycles. The van der Waals surface area contributed by atoms with Crippen molar-refractivity contribution in [1.29, 1.82) is 0 Å². The largest absolute Gasteiger partial charge is 0.395 e. The van der Waals surface area contributed by atoms with Crippen molar-refractivity contribution >= 4 is 23.2 Å². The van der Waals surface area contributed by atoms with E-state index in [1.54, 1.807) is 4.90 Å². The van der Waals surface area contributed by atoms with Crippen molar-refractivity contribution in [3.05, 3.63) is 24.3 Å². The van der Waals surface area contributed by atoms with E-state index in [0.717, 1.165) is 18.8 Å². The highest BCUT2D eigenvalue weighted by Crippen LogP contribution is 2.28. The summed E-state index contributed by atoms with van der Waals surface area (Å²) < 4.78 is 0. The summed E-state index contributed by atoms with van der Waals surface area (Å²) in [6, 6.07) is 8.01. The van der Waals surface area contributed by atoms with Gasteiger partial charge in [-0.25, -0.2) is 0 Å². The molecule has 2 N–H and O–H groups in total. The zero-order valence-electron chi connectivity index (χ0n) is 13.2. The number of carbonyl (C=O) groups excluding carboxylic acids is 2. The van der Waals surface area contributed by atoms with Gasteiger partial charge in [-0.15, -0.1) is 0 Å². The predicted molar refractivity (Wildman–Crippen MR) is 88.4 cm³/mol. The average molecular weight is 317 g/mol. The maximum absolute atomic E-state index is 12.2. The first-order valence-electron chi connectivity index (χ1n) is 8.23. The fourth-order valence-electron chi connectivity index (χ4n) is 3.27. The van der Waals surface area contributed by atoms with Crippen LogP contribution in [0.2, 0.25) is 0 Å². The molecule has 1 unspecified atom stereocenters. The zero-order chi connectivity index (χ0) is 16.2. The zero-order valence-corrected chi connectivity index (χ0v) is 13.2. The van der Waals surface area contributed by atoms with Gasteiger partial charge in [-0.3, -0.25) is 9.59 Å². The van der Waals surface area contributed by atoms with Crippen molar-refractivity contribution in [1.82, 2.24) is 5.32 Å². The number of aliphatic hydroxyl groups is 1. The van der Waals surface area contributed by atoms with E-state index in [9.17, 15) is 9.59 Å².